The predicted molar refractivity (Wildman–Crippen MR) is 50.8 cm³/mol. The fraction of sp³-hybridized carbons (Fsp3) is 0.700. The van der Waals surface area contributed by atoms with Gasteiger partial charge in [-0.1, -0.05) is 0 Å². The maximum Gasteiger partial charge on any atom is 0.305 e. The first-order chi connectivity index (χ1) is 6.70. The molecule has 0 amide bonds. The maximum absolute atomic E-state index is 10.9. The first-order valence-corrected chi connectivity index (χ1v) is 4.81. The third-order valence-electron chi connectivity index (χ3n) is 1.70. The van der Waals surface area contributed by atoms with Gasteiger partial charge in [0.05, 0.1) is 13.0 Å². The van der Waals surface area contributed by atoms with E-state index in [-0.39, 0.29) is 18.2 Å². The number of rotatable bonds is 8. The molecule has 80 valence electrons. The summed E-state index contributed by atoms with van der Waals surface area (Å²) in [5, 5.41) is 0. The summed E-state index contributed by atoms with van der Waals surface area (Å²) in [6.07, 6.45) is 2.60. The molecule has 14 heavy (non-hydrogen) atoms. The first-order valence-electron chi connectivity index (χ1n) is 4.81. The van der Waals surface area contributed by atoms with Crippen LogP contribution in [-0.2, 0) is 19.1 Å². The van der Waals surface area contributed by atoms with Crippen molar-refractivity contribution in [2.45, 2.75) is 39.0 Å². The molecule has 0 aromatic rings. The van der Waals surface area contributed by atoms with Crippen LogP contribution >= 0.6 is 0 Å². The third-order valence-corrected chi connectivity index (χ3v) is 1.70. The second kappa shape index (κ2) is 8.41. The van der Waals surface area contributed by atoms with Gasteiger partial charge in [-0.15, -0.1) is 0 Å². The van der Waals surface area contributed by atoms with Crippen LogP contribution in [0.3, 0.4) is 0 Å². The number of aldehydes is 1. The molecule has 0 fully saturated rings. The van der Waals surface area contributed by atoms with E-state index in [1.54, 1.807) is 6.92 Å². The molecule has 0 atom stereocenters. The molecule has 4 heteroatoms. The van der Waals surface area contributed by atoms with E-state index in [1.807, 2.05) is 0 Å². The molecule has 0 aliphatic rings. The zero-order valence-corrected chi connectivity index (χ0v) is 8.45. The van der Waals surface area contributed by atoms with Crippen LogP contribution in [0.5, 0.6) is 0 Å². The van der Waals surface area contributed by atoms with Crippen LogP contribution in [0.4, 0.5) is 0 Å². The summed E-state index contributed by atoms with van der Waals surface area (Å²) in [5.74, 6) is -0.292. The number of unbranched alkanes of at least 4 members (excludes halogenated alkanes) is 1. The summed E-state index contributed by atoms with van der Waals surface area (Å²) in [4.78, 5) is 31.7. The molecule has 0 heterocycles. The largest absolute Gasteiger partial charge is 0.466 e. The van der Waals surface area contributed by atoms with Gasteiger partial charge in [0, 0.05) is 12.8 Å². The van der Waals surface area contributed by atoms with Gasteiger partial charge < -0.3 is 9.53 Å². The standard InChI is InChI=1S/C10H16O4/c1-2-14-10(13)6-4-3-5-9(12)7-8-11/h8H,2-7H2,1H3. The highest BCUT2D eigenvalue weighted by Gasteiger charge is 2.03. The van der Waals surface area contributed by atoms with E-state index < -0.39 is 0 Å². The van der Waals surface area contributed by atoms with Crippen molar-refractivity contribution >= 4 is 18.0 Å². The van der Waals surface area contributed by atoms with Crippen molar-refractivity contribution < 1.29 is 19.1 Å². The summed E-state index contributed by atoms with van der Waals surface area (Å²) in [6.45, 7) is 2.15. The van der Waals surface area contributed by atoms with E-state index in [1.165, 1.54) is 0 Å². The Morgan fingerprint density at radius 2 is 1.86 bits per heavy atom. The van der Waals surface area contributed by atoms with Crippen LogP contribution in [-0.4, -0.2) is 24.6 Å². The minimum atomic E-state index is -0.227. The first kappa shape index (κ1) is 12.8. The third kappa shape index (κ3) is 7.46. The fourth-order valence-corrected chi connectivity index (χ4v) is 1.02. The number of carbonyl (C=O) groups is 3. The molecule has 0 saturated heterocycles. The zero-order valence-electron chi connectivity index (χ0n) is 8.45. The minimum absolute atomic E-state index is 0.0145. The summed E-state index contributed by atoms with van der Waals surface area (Å²) < 4.78 is 4.72. The molecule has 0 N–H and O–H groups in total. The monoisotopic (exact) mass is 200 g/mol. The van der Waals surface area contributed by atoms with Crippen molar-refractivity contribution in [3.8, 4) is 0 Å². The molecule has 0 radical (unpaired) electrons. The molecule has 0 saturated carbocycles. The van der Waals surface area contributed by atoms with Crippen molar-refractivity contribution in [1.82, 2.24) is 0 Å². The van der Waals surface area contributed by atoms with Crippen LogP contribution in [0.2, 0.25) is 0 Å². The van der Waals surface area contributed by atoms with E-state index in [9.17, 15) is 14.4 Å². The number of ketones is 1. The van der Waals surface area contributed by atoms with E-state index in [0.717, 1.165) is 0 Å². The second-order valence-electron chi connectivity index (χ2n) is 2.92. The van der Waals surface area contributed by atoms with Gasteiger partial charge in [-0.3, -0.25) is 9.59 Å². The topological polar surface area (TPSA) is 60.4 Å². The van der Waals surface area contributed by atoms with E-state index in [2.05, 4.69) is 0 Å². The van der Waals surface area contributed by atoms with Crippen molar-refractivity contribution in [2.75, 3.05) is 6.61 Å². The van der Waals surface area contributed by atoms with E-state index in [0.29, 0.717) is 38.6 Å². The fourth-order valence-electron chi connectivity index (χ4n) is 1.02. The summed E-state index contributed by atoms with van der Waals surface area (Å²) in [6, 6.07) is 0. The highest BCUT2D eigenvalue weighted by molar-refractivity contribution is 5.89. The minimum Gasteiger partial charge on any atom is -0.466 e. The number of hydrogen-bond acceptors (Lipinski definition) is 4. The number of esters is 1. The molecule has 0 aliphatic carbocycles. The molecule has 0 spiro atoms. The normalized spacial score (nSPS) is 9.50. The number of Topliss-reactive ketones (excluding diaryl/α,β-unsaturated/α-hetero) is 1. The van der Waals surface area contributed by atoms with Crippen molar-refractivity contribution in [2.24, 2.45) is 0 Å². The average Bonchev–Trinajstić information content (AvgIpc) is 2.13. The van der Waals surface area contributed by atoms with Gasteiger partial charge in [-0.05, 0) is 19.8 Å². The molecule has 0 rings (SSSR count). The Hall–Kier alpha value is -1.19. The zero-order chi connectivity index (χ0) is 10.8. The molecule has 0 aromatic carbocycles. The predicted octanol–water partition coefficient (Wildman–Crippen LogP) is 1.27. The van der Waals surface area contributed by atoms with Gasteiger partial charge in [-0.2, -0.15) is 0 Å². The van der Waals surface area contributed by atoms with Gasteiger partial charge in [0.25, 0.3) is 0 Å². The Balaban J connectivity index is 3.32. The lowest BCUT2D eigenvalue weighted by Gasteiger charge is -2.00. The molecule has 0 aliphatic heterocycles. The van der Waals surface area contributed by atoms with Gasteiger partial charge in [0.15, 0.2) is 0 Å². The molecule has 0 aromatic heterocycles. The molecule has 0 bridgehead atoms. The quantitative estimate of drug-likeness (QED) is 0.256. The van der Waals surface area contributed by atoms with Crippen LogP contribution in [0, 0.1) is 0 Å². The van der Waals surface area contributed by atoms with Gasteiger partial charge in [-0.25, -0.2) is 0 Å². The van der Waals surface area contributed by atoms with Crippen molar-refractivity contribution in [3.63, 3.8) is 0 Å². The lowest BCUT2D eigenvalue weighted by atomic mass is 10.1. The van der Waals surface area contributed by atoms with Crippen molar-refractivity contribution in [3.05, 3.63) is 0 Å². The Labute approximate surface area is 83.6 Å². The second-order valence-corrected chi connectivity index (χ2v) is 2.92. The SMILES string of the molecule is CCOC(=O)CCCCC(=O)CC=O. The Bertz CT molecular complexity index is 198. The Morgan fingerprint density at radius 1 is 1.21 bits per heavy atom. The van der Waals surface area contributed by atoms with Crippen LogP contribution in [0.15, 0.2) is 0 Å². The Kier molecular flexibility index (Phi) is 7.70. The Morgan fingerprint density at radius 3 is 2.43 bits per heavy atom. The van der Waals surface area contributed by atoms with E-state index >= 15 is 0 Å². The molecular weight excluding hydrogens is 184 g/mol. The smallest absolute Gasteiger partial charge is 0.305 e. The van der Waals surface area contributed by atoms with Crippen LogP contribution in [0.25, 0.3) is 0 Å². The van der Waals surface area contributed by atoms with Crippen LogP contribution < -0.4 is 0 Å². The number of carbonyl (C=O) groups excluding carboxylic acids is 3. The number of hydrogen-bond donors (Lipinski definition) is 0. The van der Waals surface area contributed by atoms with Gasteiger partial charge >= 0.3 is 5.97 Å². The molecule has 4 nitrogen and oxygen atoms in total. The maximum atomic E-state index is 10.9. The average molecular weight is 200 g/mol. The van der Waals surface area contributed by atoms with Gasteiger partial charge in [0.1, 0.15) is 12.1 Å². The summed E-state index contributed by atoms with van der Waals surface area (Å²) in [7, 11) is 0. The lowest BCUT2D eigenvalue weighted by Crippen LogP contribution is -2.04. The summed E-state index contributed by atoms with van der Waals surface area (Å²) in [5.41, 5.74) is 0. The van der Waals surface area contributed by atoms with Crippen molar-refractivity contribution in [1.29, 1.82) is 0 Å². The summed E-state index contributed by atoms with van der Waals surface area (Å²) >= 11 is 0. The highest BCUT2D eigenvalue weighted by Crippen LogP contribution is 2.02. The van der Waals surface area contributed by atoms with E-state index in [4.69, 9.17) is 4.74 Å². The van der Waals surface area contributed by atoms with Gasteiger partial charge in [0.2, 0.25) is 0 Å². The molecular formula is C10H16O4. The van der Waals surface area contributed by atoms with Crippen LogP contribution in [0.1, 0.15) is 39.0 Å². The highest BCUT2D eigenvalue weighted by atomic mass is 16.5. The molecule has 0 unspecified atom stereocenters. The number of ether oxygens (including phenoxy) is 1. The lowest BCUT2D eigenvalue weighted by molar-refractivity contribution is -0.143.